The van der Waals surface area contributed by atoms with Crippen LogP contribution in [0.3, 0.4) is 0 Å². The summed E-state index contributed by atoms with van der Waals surface area (Å²) in [5.41, 5.74) is 0. The molecule has 0 aliphatic heterocycles. The summed E-state index contributed by atoms with van der Waals surface area (Å²) in [7, 11) is 0. The van der Waals surface area contributed by atoms with Gasteiger partial charge in [0.2, 0.25) is 11.2 Å². The third kappa shape index (κ3) is 2.42. The fourth-order valence-electron chi connectivity index (χ4n) is 0.805. The molecule has 0 amide bonds. The Morgan fingerprint density at radius 3 is 2.93 bits per heavy atom. The molecule has 2 aromatic rings. The standard InChI is InChI=1S/C7H4ClFN4OS/c1-3-12-13-7(14-3)15-5-4(9)2-10-6(8)11-5/h2H,1H3. The predicted molar refractivity (Wildman–Crippen MR) is 50.2 cm³/mol. The minimum atomic E-state index is -0.583. The first-order chi connectivity index (χ1) is 7.15. The third-order valence-electron chi connectivity index (χ3n) is 1.37. The van der Waals surface area contributed by atoms with Crippen LogP contribution in [0.5, 0.6) is 0 Å². The number of hydrogen-bond acceptors (Lipinski definition) is 6. The minimum Gasteiger partial charge on any atom is -0.416 e. The van der Waals surface area contributed by atoms with E-state index in [2.05, 4.69) is 20.2 Å². The van der Waals surface area contributed by atoms with Gasteiger partial charge in [-0.25, -0.2) is 14.4 Å². The van der Waals surface area contributed by atoms with Gasteiger partial charge in [0.1, 0.15) is 5.03 Å². The summed E-state index contributed by atoms with van der Waals surface area (Å²) in [4.78, 5) is 7.18. The molecule has 2 aromatic heterocycles. The molecule has 78 valence electrons. The molecule has 0 unspecified atom stereocenters. The Kier molecular flexibility index (Phi) is 2.83. The van der Waals surface area contributed by atoms with E-state index in [0.29, 0.717) is 5.89 Å². The van der Waals surface area contributed by atoms with Crippen LogP contribution in [0.25, 0.3) is 0 Å². The monoisotopic (exact) mass is 246 g/mol. The van der Waals surface area contributed by atoms with E-state index in [1.165, 1.54) is 0 Å². The number of aromatic nitrogens is 4. The van der Waals surface area contributed by atoms with Crippen molar-refractivity contribution in [2.75, 3.05) is 0 Å². The molecule has 0 saturated carbocycles. The van der Waals surface area contributed by atoms with Gasteiger partial charge in [0.25, 0.3) is 5.22 Å². The van der Waals surface area contributed by atoms with Gasteiger partial charge in [-0.1, -0.05) is 0 Å². The second-order valence-corrected chi connectivity index (χ2v) is 3.76. The molecule has 0 aliphatic rings. The fraction of sp³-hybridized carbons (Fsp3) is 0.143. The highest BCUT2D eigenvalue weighted by Crippen LogP contribution is 2.27. The molecule has 15 heavy (non-hydrogen) atoms. The van der Waals surface area contributed by atoms with Crippen LogP contribution in [-0.2, 0) is 0 Å². The lowest BCUT2D eigenvalue weighted by atomic mass is 10.6. The third-order valence-corrected chi connectivity index (χ3v) is 2.38. The molecule has 8 heteroatoms. The lowest BCUT2D eigenvalue weighted by Gasteiger charge is -1.97. The molecule has 0 saturated heterocycles. The highest BCUT2D eigenvalue weighted by Gasteiger charge is 2.12. The molecule has 0 atom stereocenters. The second-order valence-electron chi connectivity index (χ2n) is 2.48. The number of halogens is 2. The molecule has 0 aliphatic carbocycles. The number of nitrogens with zero attached hydrogens (tertiary/aromatic N) is 4. The quantitative estimate of drug-likeness (QED) is 0.597. The number of aryl methyl sites for hydroxylation is 1. The molecule has 2 rings (SSSR count). The van der Waals surface area contributed by atoms with E-state index in [9.17, 15) is 4.39 Å². The molecule has 0 N–H and O–H groups in total. The van der Waals surface area contributed by atoms with Crippen LogP contribution in [0.15, 0.2) is 20.9 Å². The van der Waals surface area contributed by atoms with Crippen LogP contribution in [-0.4, -0.2) is 20.2 Å². The fourth-order valence-corrected chi connectivity index (χ4v) is 1.68. The Morgan fingerprint density at radius 2 is 2.27 bits per heavy atom. The Bertz CT molecular complexity index is 492. The Labute approximate surface area is 93.1 Å². The first kappa shape index (κ1) is 10.3. The van der Waals surface area contributed by atoms with E-state index < -0.39 is 5.82 Å². The van der Waals surface area contributed by atoms with Crippen LogP contribution in [0.4, 0.5) is 4.39 Å². The van der Waals surface area contributed by atoms with Crippen LogP contribution < -0.4 is 0 Å². The van der Waals surface area contributed by atoms with Crippen molar-refractivity contribution in [3.63, 3.8) is 0 Å². The Balaban J connectivity index is 2.27. The van der Waals surface area contributed by atoms with Gasteiger partial charge in [-0.15, -0.1) is 10.2 Å². The van der Waals surface area contributed by atoms with Crippen molar-refractivity contribution >= 4 is 23.4 Å². The van der Waals surface area contributed by atoms with Crippen molar-refractivity contribution in [1.29, 1.82) is 0 Å². The molecule has 0 radical (unpaired) electrons. The van der Waals surface area contributed by atoms with Gasteiger partial charge in [0, 0.05) is 6.92 Å². The van der Waals surface area contributed by atoms with Crippen molar-refractivity contribution in [2.24, 2.45) is 0 Å². The van der Waals surface area contributed by atoms with E-state index in [-0.39, 0.29) is 15.5 Å². The molecular formula is C7H4ClFN4OS. The summed E-state index contributed by atoms with van der Waals surface area (Å²) in [6, 6.07) is 0. The summed E-state index contributed by atoms with van der Waals surface area (Å²) in [6.45, 7) is 1.64. The first-order valence-corrected chi connectivity index (χ1v) is 5.00. The molecule has 0 aromatic carbocycles. The van der Waals surface area contributed by atoms with Crippen molar-refractivity contribution < 1.29 is 8.81 Å². The highest BCUT2D eigenvalue weighted by molar-refractivity contribution is 7.99. The van der Waals surface area contributed by atoms with E-state index >= 15 is 0 Å². The van der Waals surface area contributed by atoms with Gasteiger partial charge in [0.05, 0.1) is 6.20 Å². The average Bonchev–Trinajstić information content (AvgIpc) is 2.58. The van der Waals surface area contributed by atoms with Crippen LogP contribution in [0.2, 0.25) is 5.28 Å². The molecular weight excluding hydrogens is 243 g/mol. The van der Waals surface area contributed by atoms with Gasteiger partial charge >= 0.3 is 0 Å². The summed E-state index contributed by atoms with van der Waals surface area (Å²) in [5.74, 6) is -0.182. The maximum absolute atomic E-state index is 13.2. The molecule has 0 bridgehead atoms. The van der Waals surface area contributed by atoms with Crippen molar-refractivity contribution in [3.05, 3.63) is 23.2 Å². The van der Waals surface area contributed by atoms with Crippen molar-refractivity contribution in [1.82, 2.24) is 20.2 Å². The molecule has 0 spiro atoms. The van der Waals surface area contributed by atoms with Crippen molar-refractivity contribution in [2.45, 2.75) is 17.2 Å². The van der Waals surface area contributed by atoms with Gasteiger partial charge in [0.15, 0.2) is 5.82 Å². The van der Waals surface area contributed by atoms with E-state index in [1.807, 2.05) is 0 Å². The van der Waals surface area contributed by atoms with Gasteiger partial charge in [-0.2, -0.15) is 0 Å². The van der Waals surface area contributed by atoms with Gasteiger partial charge in [-0.05, 0) is 23.4 Å². The zero-order valence-electron chi connectivity index (χ0n) is 7.44. The van der Waals surface area contributed by atoms with Crippen LogP contribution >= 0.6 is 23.4 Å². The van der Waals surface area contributed by atoms with E-state index in [1.54, 1.807) is 6.92 Å². The van der Waals surface area contributed by atoms with Crippen LogP contribution in [0.1, 0.15) is 5.89 Å². The smallest absolute Gasteiger partial charge is 0.283 e. The minimum absolute atomic E-state index is 0.0323. The zero-order chi connectivity index (χ0) is 10.8. The lowest BCUT2D eigenvalue weighted by Crippen LogP contribution is -1.90. The lowest BCUT2D eigenvalue weighted by molar-refractivity contribution is 0.428. The first-order valence-electron chi connectivity index (χ1n) is 3.81. The predicted octanol–water partition coefficient (Wildman–Crippen LogP) is 2.11. The molecule has 0 fully saturated rings. The topological polar surface area (TPSA) is 64.7 Å². The maximum Gasteiger partial charge on any atom is 0.283 e. The van der Waals surface area contributed by atoms with Crippen LogP contribution in [0, 0.1) is 12.7 Å². The Hall–Kier alpha value is -1.21. The SMILES string of the molecule is Cc1nnc(Sc2nc(Cl)ncc2F)o1. The van der Waals surface area contributed by atoms with E-state index in [0.717, 1.165) is 18.0 Å². The van der Waals surface area contributed by atoms with Crippen molar-refractivity contribution in [3.8, 4) is 0 Å². The zero-order valence-corrected chi connectivity index (χ0v) is 9.01. The molecule has 5 nitrogen and oxygen atoms in total. The summed E-state index contributed by atoms with van der Waals surface area (Å²) in [6.07, 6.45) is 0.987. The van der Waals surface area contributed by atoms with Gasteiger partial charge in [-0.3, -0.25) is 0 Å². The van der Waals surface area contributed by atoms with E-state index in [4.69, 9.17) is 16.0 Å². The highest BCUT2D eigenvalue weighted by atomic mass is 35.5. The normalized spacial score (nSPS) is 10.6. The summed E-state index contributed by atoms with van der Waals surface area (Å²) >= 11 is 6.42. The largest absolute Gasteiger partial charge is 0.416 e. The average molecular weight is 247 g/mol. The maximum atomic E-state index is 13.2. The number of rotatable bonds is 2. The molecule has 2 heterocycles. The summed E-state index contributed by atoms with van der Waals surface area (Å²) in [5, 5.41) is 7.52. The second kappa shape index (κ2) is 4.11. The Morgan fingerprint density at radius 1 is 1.47 bits per heavy atom. The summed E-state index contributed by atoms with van der Waals surface area (Å²) < 4.78 is 18.2. The van der Waals surface area contributed by atoms with Gasteiger partial charge < -0.3 is 4.42 Å². The number of hydrogen-bond donors (Lipinski definition) is 0.